The van der Waals surface area contributed by atoms with Gasteiger partial charge in [0.05, 0.1) is 66.2 Å². The van der Waals surface area contributed by atoms with Gasteiger partial charge >= 0.3 is 11.9 Å². The van der Waals surface area contributed by atoms with Crippen LogP contribution in [-0.4, -0.2) is 68.7 Å². The van der Waals surface area contributed by atoms with Gasteiger partial charge in [0.25, 0.3) is 0 Å². The molecule has 0 amide bonds. The topological polar surface area (TPSA) is 126 Å². The number of esters is 2. The predicted molar refractivity (Wildman–Crippen MR) is 220 cm³/mol. The van der Waals surface area contributed by atoms with Crippen LogP contribution < -0.4 is 0 Å². The Hall–Kier alpha value is -7.15. The zero-order chi connectivity index (χ0) is 39.5. The molecule has 0 bridgehead atoms. The molecule has 0 spiro atoms. The van der Waals surface area contributed by atoms with E-state index in [4.69, 9.17) is 25.9 Å². The molecule has 280 valence electrons. The molecule has 0 unspecified atom stereocenters. The molecule has 3 aromatic carbocycles. The van der Waals surface area contributed by atoms with E-state index in [0.717, 1.165) is 44.9 Å². The van der Waals surface area contributed by atoms with Gasteiger partial charge in [0.1, 0.15) is 20.7 Å². The Labute approximate surface area is 331 Å². The van der Waals surface area contributed by atoms with E-state index in [1.165, 1.54) is 0 Å². The lowest BCUT2D eigenvalue weighted by Gasteiger charge is -2.12. The van der Waals surface area contributed by atoms with Crippen molar-refractivity contribution in [1.82, 2.24) is 24.1 Å². The number of benzene rings is 3. The van der Waals surface area contributed by atoms with Crippen molar-refractivity contribution in [2.45, 2.75) is 39.2 Å². The molecular weight excluding hydrogens is 731 g/mol. The van der Waals surface area contributed by atoms with Crippen molar-refractivity contribution in [3.63, 3.8) is 0 Å². The third-order valence-electron chi connectivity index (χ3n) is 9.37. The summed E-state index contributed by atoms with van der Waals surface area (Å²) in [6.07, 6.45) is 10.9. The highest BCUT2D eigenvalue weighted by molar-refractivity contribution is 6.83. The Morgan fingerprint density at radius 3 is 1.89 bits per heavy atom. The van der Waals surface area contributed by atoms with Crippen LogP contribution in [0.25, 0.3) is 11.4 Å². The van der Waals surface area contributed by atoms with E-state index in [2.05, 4.69) is 52.0 Å². The van der Waals surface area contributed by atoms with Crippen LogP contribution in [-0.2, 0) is 22.6 Å². The molecule has 0 fully saturated rings. The molecule has 6 aromatic rings. The fourth-order valence-electron chi connectivity index (χ4n) is 6.67. The number of imidazole rings is 2. The van der Waals surface area contributed by atoms with Crippen molar-refractivity contribution in [3.8, 4) is 35.2 Å². The van der Waals surface area contributed by atoms with Crippen LogP contribution >= 0.6 is 0 Å². The monoisotopic (exact) mass is 767 g/mol. The molecule has 3 aromatic heterocycles. The maximum Gasteiger partial charge on any atom is 0.358 e. The Balaban J connectivity index is 0.950. The first kappa shape index (κ1) is 36.8. The molecule has 57 heavy (non-hydrogen) atoms. The second-order valence-electron chi connectivity index (χ2n) is 14.5. The molecular formula is C45H37N7O4Si. The van der Waals surface area contributed by atoms with Gasteiger partial charge in [-0.25, -0.2) is 19.6 Å². The summed E-state index contributed by atoms with van der Waals surface area (Å²) in [5, 5.41) is 0. The van der Waals surface area contributed by atoms with E-state index in [1.54, 1.807) is 18.9 Å². The number of carbonyl (C=O) groups is 2. The van der Waals surface area contributed by atoms with Crippen LogP contribution in [0.1, 0.15) is 72.3 Å². The van der Waals surface area contributed by atoms with Crippen molar-refractivity contribution < 1.29 is 19.1 Å². The number of terminal acetylenes is 1. The normalized spacial score (nSPS) is 12.7. The second-order valence-corrected chi connectivity index (χ2v) is 19.2. The standard InChI is InChI=1S/C45H37N7O4Si/c1-5-30-15-17-36-33(24-30)40(32-12-7-6-8-13-32)47-26-38-42(49-28-51(36)38)44(53)55-21-11-22-56-45(54)43-39-27-48-41(35-14-9-10-20-46-35)34-25-31(19-23-57(2,3)4)16-18-37(34)52(39)29-50-43/h1,6-10,12-18,20,24-25,28-29H,11,21-22,26-27H2,2-4H3. The minimum atomic E-state index is -1.61. The molecule has 5 heterocycles. The van der Waals surface area contributed by atoms with Crippen LogP contribution in [0.4, 0.5) is 0 Å². The maximum atomic E-state index is 13.4. The lowest BCUT2D eigenvalue weighted by atomic mass is 9.98. The number of aromatic nitrogens is 5. The fraction of sp³-hybridized carbons (Fsp3) is 0.178. The quantitative estimate of drug-likeness (QED) is 0.0725. The van der Waals surface area contributed by atoms with Crippen molar-refractivity contribution >= 4 is 31.4 Å². The number of hydrogen-bond acceptors (Lipinski definition) is 9. The van der Waals surface area contributed by atoms with Crippen LogP contribution in [0, 0.1) is 23.8 Å². The highest BCUT2D eigenvalue weighted by Gasteiger charge is 2.28. The predicted octanol–water partition coefficient (Wildman–Crippen LogP) is 6.77. The van der Waals surface area contributed by atoms with Crippen LogP contribution in [0.3, 0.4) is 0 Å². The Kier molecular flexibility index (Phi) is 10.0. The summed E-state index contributed by atoms with van der Waals surface area (Å²) >= 11 is 0. The number of rotatable bonds is 8. The van der Waals surface area contributed by atoms with Crippen LogP contribution in [0.5, 0.6) is 0 Å². The SMILES string of the molecule is C#Cc1ccc2c(c1)C(c1ccccc1)=NCc1c(C(=O)OCCCOC(=O)c3ncn4c3CN=C(c3ccccn3)c3cc(C#C[Si](C)(C)C)ccc3-4)ncn1-2. The van der Waals surface area contributed by atoms with E-state index >= 15 is 0 Å². The van der Waals surface area contributed by atoms with E-state index < -0.39 is 20.0 Å². The number of hydrogen-bond donors (Lipinski definition) is 0. The minimum Gasteiger partial charge on any atom is -0.461 e. The maximum absolute atomic E-state index is 13.4. The lowest BCUT2D eigenvalue weighted by Crippen LogP contribution is -2.16. The zero-order valence-corrected chi connectivity index (χ0v) is 32.7. The third kappa shape index (κ3) is 7.59. The molecule has 0 N–H and O–H groups in total. The molecule has 8 rings (SSSR count). The Morgan fingerprint density at radius 2 is 1.30 bits per heavy atom. The molecule has 0 saturated carbocycles. The smallest absolute Gasteiger partial charge is 0.358 e. The summed E-state index contributed by atoms with van der Waals surface area (Å²) in [4.78, 5) is 50.0. The molecule has 0 saturated heterocycles. The summed E-state index contributed by atoms with van der Waals surface area (Å²) in [6.45, 7) is 7.01. The molecule has 2 aliphatic rings. The van der Waals surface area contributed by atoms with Crippen molar-refractivity contribution in [2.24, 2.45) is 9.98 Å². The molecule has 12 heteroatoms. The molecule has 0 atom stereocenters. The molecule has 0 aliphatic carbocycles. The lowest BCUT2D eigenvalue weighted by molar-refractivity contribution is 0.0388. The van der Waals surface area contributed by atoms with E-state index in [0.29, 0.717) is 22.8 Å². The minimum absolute atomic E-state index is 0.00743. The number of ether oxygens (including phenoxy) is 2. The van der Waals surface area contributed by atoms with Gasteiger partial charge in [-0.15, -0.1) is 12.0 Å². The van der Waals surface area contributed by atoms with E-state index in [-0.39, 0.29) is 44.1 Å². The van der Waals surface area contributed by atoms with Crippen molar-refractivity contribution in [1.29, 1.82) is 0 Å². The van der Waals surface area contributed by atoms with E-state index in [1.807, 2.05) is 94.1 Å². The Bertz CT molecular complexity index is 2710. The summed E-state index contributed by atoms with van der Waals surface area (Å²) in [5.74, 6) is 4.86. The third-order valence-corrected chi connectivity index (χ3v) is 10.2. The average molecular weight is 768 g/mol. The van der Waals surface area contributed by atoms with Crippen LogP contribution in [0.15, 0.2) is 114 Å². The van der Waals surface area contributed by atoms with Gasteiger partial charge < -0.3 is 9.47 Å². The first-order valence-corrected chi connectivity index (χ1v) is 22.0. The second kappa shape index (κ2) is 15.5. The molecule has 2 aliphatic heterocycles. The van der Waals surface area contributed by atoms with Gasteiger partial charge in [0, 0.05) is 40.4 Å². The number of pyridine rings is 1. The van der Waals surface area contributed by atoms with Gasteiger partial charge in [-0.1, -0.05) is 67.9 Å². The van der Waals surface area contributed by atoms with Gasteiger partial charge in [0.2, 0.25) is 0 Å². The Morgan fingerprint density at radius 1 is 0.719 bits per heavy atom. The van der Waals surface area contributed by atoms with Crippen molar-refractivity contribution in [2.75, 3.05) is 13.2 Å². The number of aliphatic imine (C=N–C) groups is 2. The number of fused-ring (bicyclic) bond motifs is 6. The number of nitrogens with zero attached hydrogens (tertiary/aromatic N) is 7. The van der Waals surface area contributed by atoms with Gasteiger partial charge in [0.15, 0.2) is 11.4 Å². The first-order valence-electron chi connectivity index (χ1n) is 18.5. The van der Waals surface area contributed by atoms with Crippen LogP contribution in [0.2, 0.25) is 19.6 Å². The van der Waals surface area contributed by atoms with Gasteiger partial charge in [-0.3, -0.25) is 24.1 Å². The summed E-state index contributed by atoms with van der Waals surface area (Å²) < 4.78 is 15.0. The summed E-state index contributed by atoms with van der Waals surface area (Å²) in [6, 6.07) is 27.2. The summed E-state index contributed by atoms with van der Waals surface area (Å²) in [5.41, 5.74) is 13.0. The van der Waals surface area contributed by atoms with Gasteiger partial charge in [-0.05, 0) is 48.5 Å². The fourth-order valence-corrected chi connectivity index (χ4v) is 7.19. The van der Waals surface area contributed by atoms with Gasteiger partial charge in [-0.2, -0.15) is 0 Å². The molecule has 0 radical (unpaired) electrons. The average Bonchev–Trinajstić information content (AvgIpc) is 3.76. The van der Waals surface area contributed by atoms with E-state index in [9.17, 15) is 9.59 Å². The largest absolute Gasteiger partial charge is 0.461 e. The summed E-state index contributed by atoms with van der Waals surface area (Å²) in [7, 11) is -1.61. The molecule has 11 nitrogen and oxygen atoms in total. The highest BCUT2D eigenvalue weighted by Crippen LogP contribution is 2.29. The number of carbonyl (C=O) groups excluding carboxylic acids is 2. The zero-order valence-electron chi connectivity index (χ0n) is 31.7. The highest BCUT2D eigenvalue weighted by atomic mass is 28.3. The van der Waals surface area contributed by atoms with Crippen molar-refractivity contribution in [3.05, 3.63) is 160 Å². The first-order chi connectivity index (χ1) is 27.7.